The molecule has 0 atom stereocenters. The maximum atomic E-state index is 12.6. The second-order valence-corrected chi connectivity index (χ2v) is 7.16. The first-order valence-corrected chi connectivity index (χ1v) is 8.60. The van der Waals surface area contributed by atoms with Crippen LogP contribution in [-0.2, 0) is 0 Å². The van der Waals surface area contributed by atoms with E-state index in [-0.39, 0.29) is 5.91 Å². The van der Waals surface area contributed by atoms with Crippen LogP contribution in [-0.4, -0.2) is 33.3 Å². The Morgan fingerprint density at radius 1 is 1.55 bits per heavy atom. The first-order chi connectivity index (χ1) is 9.76. The van der Waals surface area contributed by atoms with Crippen LogP contribution in [0.25, 0.3) is 15.3 Å². The summed E-state index contributed by atoms with van der Waals surface area (Å²) in [4.78, 5) is 21.9. The zero-order valence-corrected chi connectivity index (χ0v) is 12.8. The topological polar surface area (TPSA) is 37.6 Å². The van der Waals surface area contributed by atoms with Crippen molar-refractivity contribution >= 4 is 43.9 Å². The van der Waals surface area contributed by atoms with E-state index in [2.05, 4.69) is 16.3 Å². The summed E-state index contributed by atoms with van der Waals surface area (Å²) in [5.41, 5.74) is 1.05. The number of fused-ring (bicyclic) bond motifs is 3. The lowest BCUT2D eigenvalue weighted by Gasteiger charge is -2.19. The normalized spacial score (nSPS) is 15.2. The minimum atomic E-state index is 0.159. The molecule has 0 unspecified atom stereocenters. The van der Waals surface area contributed by atoms with E-state index < -0.39 is 0 Å². The van der Waals surface area contributed by atoms with E-state index >= 15 is 0 Å². The SMILES string of the molecule is CCN(CC1CC1)C(=O)c1cc2c(nc3sccn32)s1. The molecule has 0 bridgehead atoms. The molecule has 0 N–H and O–H groups in total. The molecule has 3 aromatic rings. The molecule has 20 heavy (non-hydrogen) atoms. The minimum absolute atomic E-state index is 0.159. The van der Waals surface area contributed by atoms with Crippen LogP contribution in [0.5, 0.6) is 0 Å². The largest absolute Gasteiger partial charge is 0.338 e. The van der Waals surface area contributed by atoms with Gasteiger partial charge in [0.15, 0.2) is 4.96 Å². The molecule has 0 saturated heterocycles. The Hall–Kier alpha value is -1.40. The lowest BCUT2D eigenvalue weighted by Crippen LogP contribution is -2.32. The molecule has 4 nitrogen and oxygen atoms in total. The fourth-order valence-corrected chi connectivity index (χ4v) is 4.24. The van der Waals surface area contributed by atoms with Gasteiger partial charge in [0.2, 0.25) is 0 Å². The van der Waals surface area contributed by atoms with Crippen molar-refractivity contribution in [3.05, 3.63) is 22.5 Å². The van der Waals surface area contributed by atoms with Gasteiger partial charge < -0.3 is 4.90 Å². The van der Waals surface area contributed by atoms with Crippen molar-refractivity contribution in [1.29, 1.82) is 0 Å². The Kier molecular flexibility index (Phi) is 2.82. The van der Waals surface area contributed by atoms with Crippen LogP contribution in [0.4, 0.5) is 0 Å². The predicted molar refractivity (Wildman–Crippen MR) is 82.8 cm³/mol. The van der Waals surface area contributed by atoms with E-state index in [1.807, 2.05) is 22.5 Å². The van der Waals surface area contributed by atoms with Crippen LogP contribution in [0.15, 0.2) is 17.6 Å². The summed E-state index contributed by atoms with van der Waals surface area (Å²) >= 11 is 3.13. The Balaban J connectivity index is 1.68. The van der Waals surface area contributed by atoms with Crippen molar-refractivity contribution in [3.63, 3.8) is 0 Å². The summed E-state index contributed by atoms with van der Waals surface area (Å²) in [5.74, 6) is 0.889. The Morgan fingerprint density at radius 2 is 2.40 bits per heavy atom. The maximum Gasteiger partial charge on any atom is 0.264 e. The molecule has 0 aliphatic heterocycles. The van der Waals surface area contributed by atoms with Crippen molar-refractivity contribution in [3.8, 4) is 0 Å². The molecule has 0 aromatic carbocycles. The number of nitrogens with zero attached hydrogens (tertiary/aromatic N) is 3. The van der Waals surface area contributed by atoms with Crippen LogP contribution in [0, 0.1) is 5.92 Å². The van der Waals surface area contributed by atoms with E-state index in [0.717, 1.165) is 39.2 Å². The molecule has 6 heteroatoms. The third-order valence-electron chi connectivity index (χ3n) is 3.79. The number of thiophene rings is 1. The lowest BCUT2D eigenvalue weighted by molar-refractivity contribution is 0.0762. The molecule has 1 fully saturated rings. The van der Waals surface area contributed by atoms with Crippen LogP contribution >= 0.6 is 22.7 Å². The van der Waals surface area contributed by atoms with Crippen molar-refractivity contribution in [1.82, 2.24) is 14.3 Å². The fourth-order valence-electron chi connectivity index (χ4n) is 2.48. The summed E-state index contributed by atoms with van der Waals surface area (Å²) in [7, 11) is 0. The summed E-state index contributed by atoms with van der Waals surface area (Å²) in [6.07, 6.45) is 4.56. The van der Waals surface area contributed by atoms with Crippen molar-refractivity contribution in [2.45, 2.75) is 19.8 Å². The number of carbonyl (C=O) groups excluding carboxylic acids is 1. The van der Waals surface area contributed by atoms with Gasteiger partial charge in [0.25, 0.3) is 5.91 Å². The predicted octanol–water partition coefficient (Wildman–Crippen LogP) is 3.48. The highest BCUT2D eigenvalue weighted by Crippen LogP contribution is 2.32. The van der Waals surface area contributed by atoms with E-state index in [4.69, 9.17) is 0 Å². The molecule has 104 valence electrons. The maximum absolute atomic E-state index is 12.6. The zero-order valence-electron chi connectivity index (χ0n) is 11.2. The Labute approximate surface area is 124 Å². The third-order valence-corrected chi connectivity index (χ3v) is 5.56. The first kappa shape index (κ1) is 12.3. The standard InChI is InChI=1S/C14H15N3OS2/c1-2-16(8-9-3-4-9)13(18)11-7-10-12(20-11)15-14-17(10)5-6-19-14/h5-7,9H,2-4,8H2,1H3. The zero-order chi connectivity index (χ0) is 13.7. The van der Waals surface area contributed by atoms with Gasteiger partial charge in [-0.25, -0.2) is 4.98 Å². The van der Waals surface area contributed by atoms with Gasteiger partial charge in [-0.15, -0.1) is 22.7 Å². The molecular formula is C14H15N3OS2. The van der Waals surface area contributed by atoms with Gasteiger partial charge in [0.05, 0.1) is 10.4 Å². The second-order valence-electron chi connectivity index (χ2n) is 5.26. The second kappa shape index (κ2) is 4.56. The van der Waals surface area contributed by atoms with E-state index in [1.54, 1.807) is 11.3 Å². The molecule has 1 saturated carbocycles. The number of carbonyl (C=O) groups is 1. The Morgan fingerprint density at radius 3 is 3.15 bits per heavy atom. The third kappa shape index (κ3) is 1.94. The van der Waals surface area contributed by atoms with Gasteiger partial charge in [-0.1, -0.05) is 0 Å². The van der Waals surface area contributed by atoms with Crippen LogP contribution < -0.4 is 0 Å². The lowest BCUT2D eigenvalue weighted by atomic mass is 10.3. The average molecular weight is 305 g/mol. The molecule has 1 amide bonds. The van der Waals surface area contributed by atoms with Gasteiger partial charge >= 0.3 is 0 Å². The molecule has 4 rings (SSSR count). The fraction of sp³-hybridized carbons (Fsp3) is 0.429. The van der Waals surface area contributed by atoms with Gasteiger partial charge in [-0.3, -0.25) is 9.20 Å². The summed E-state index contributed by atoms with van der Waals surface area (Å²) in [6.45, 7) is 3.75. The number of rotatable bonds is 4. The molecule has 0 radical (unpaired) electrons. The quantitative estimate of drug-likeness (QED) is 0.740. The van der Waals surface area contributed by atoms with Gasteiger partial charge in [-0.2, -0.15) is 0 Å². The van der Waals surface area contributed by atoms with Crippen LogP contribution in [0.2, 0.25) is 0 Å². The summed E-state index contributed by atoms with van der Waals surface area (Å²) in [5, 5.41) is 2.02. The summed E-state index contributed by atoms with van der Waals surface area (Å²) in [6, 6.07) is 1.99. The van der Waals surface area contributed by atoms with Gasteiger partial charge in [0, 0.05) is 24.7 Å². The molecule has 0 spiro atoms. The number of amides is 1. The molecule has 3 aromatic heterocycles. The highest BCUT2D eigenvalue weighted by Gasteiger charge is 2.27. The van der Waals surface area contributed by atoms with Gasteiger partial charge in [0.1, 0.15) is 4.83 Å². The highest BCUT2D eigenvalue weighted by atomic mass is 32.1. The molecular weight excluding hydrogens is 290 g/mol. The number of thiazole rings is 1. The van der Waals surface area contributed by atoms with Crippen molar-refractivity contribution in [2.24, 2.45) is 5.92 Å². The molecule has 1 aliphatic carbocycles. The van der Waals surface area contributed by atoms with E-state index in [9.17, 15) is 4.79 Å². The van der Waals surface area contributed by atoms with E-state index in [0.29, 0.717) is 0 Å². The average Bonchev–Trinajstić information content (AvgIpc) is 2.84. The number of aromatic nitrogens is 2. The van der Waals surface area contributed by atoms with E-state index in [1.165, 1.54) is 24.2 Å². The number of imidazole rings is 1. The molecule has 1 aliphatic rings. The highest BCUT2D eigenvalue weighted by molar-refractivity contribution is 7.21. The monoisotopic (exact) mass is 305 g/mol. The number of hydrogen-bond donors (Lipinski definition) is 0. The van der Waals surface area contributed by atoms with Gasteiger partial charge in [-0.05, 0) is 31.7 Å². The van der Waals surface area contributed by atoms with Crippen LogP contribution in [0.1, 0.15) is 29.4 Å². The smallest absolute Gasteiger partial charge is 0.264 e. The number of hydrogen-bond acceptors (Lipinski definition) is 4. The molecule has 3 heterocycles. The Bertz CT molecular complexity index is 781. The minimum Gasteiger partial charge on any atom is -0.338 e. The van der Waals surface area contributed by atoms with Crippen LogP contribution in [0.3, 0.4) is 0 Å². The van der Waals surface area contributed by atoms with Crippen molar-refractivity contribution in [2.75, 3.05) is 13.1 Å². The summed E-state index contributed by atoms with van der Waals surface area (Å²) < 4.78 is 2.06. The first-order valence-electron chi connectivity index (χ1n) is 6.90. The van der Waals surface area contributed by atoms with Crippen molar-refractivity contribution < 1.29 is 4.79 Å².